The van der Waals surface area contributed by atoms with Crippen molar-refractivity contribution in [1.29, 1.82) is 0 Å². The molecule has 31 heavy (non-hydrogen) atoms. The van der Waals surface area contributed by atoms with Crippen LogP contribution in [0.25, 0.3) is 11.0 Å². The van der Waals surface area contributed by atoms with Crippen LogP contribution in [0.5, 0.6) is 0 Å². The Morgan fingerprint density at radius 3 is 2.74 bits per heavy atom. The number of urea groups is 1. The minimum atomic E-state index is -0.541. The van der Waals surface area contributed by atoms with Crippen LogP contribution >= 0.6 is 11.6 Å². The van der Waals surface area contributed by atoms with Gasteiger partial charge in [0.05, 0.1) is 16.2 Å². The van der Waals surface area contributed by atoms with Gasteiger partial charge >= 0.3 is 6.03 Å². The molecule has 8 nitrogen and oxygen atoms in total. The number of hydrogen-bond donors (Lipinski definition) is 3. The Morgan fingerprint density at radius 2 is 2.00 bits per heavy atom. The van der Waals surface area contributed by atoms with Crippen molar-refractivity contribution in [3.05, 3.63) is 28.5 Å². The molecule has 0 unspecified atom stereocenters. The molecule has 1 aromatic heterocycles. The Morgan fingerprint density at radius 1 is 1.19 bits per heavy atom. The molecule has 2 aliphatic heterocycles. The summed E-state index contributed by atoms with van der Waals surface area (Å²) in [5.41, 5.74) is 1.43. The molecule has 3 aliphatic rings. The molecule has 3 N–H and O–H groups in total. The van der Waals surface area contributed by atoms with Crippen molar-refractivity contribution in [1.82, 2.24) is 15.5 Å². The van der Waals surface area contributed by atoms with Crippen LogP contribution in [0.1, 0.15) is 61.1 Å². The first-order chi connectivity index (χ1) is 15.0. The number of amides is 4. The lowest BCUT2D eigenvalue weighted by Gasteiger charge is -2.42. The van der Waals surface area contributed by atoms with Crippen molar-refractivity contribution in [3.8, 4) is 0 Å². The minimum Gasteiger partial charge on any atom is -0.450 e. The summed E-state index contributed by atoms with van der Waals surface area (Å²) in [5.74, 6) is -0.0140. The van der Waals surface area contributed by atoms with Crippen molar-refractivity contribution < 1.29 is 18.8 Å². The third-order valence-corrected chi connectivity index (χ3v) is 6.90. The molecular weight excluding hydrogens is 420 g/mol. The van der Waals surface area contributed by atoms with Crippen molar-refractivity contribution in [3.63, 3.8) is 0 Å². The predicted molar refractivity (Wildman–Crippen MR) is 116 cm³/mol. The van der Waals surface area contributed by atoms with E-state index in [-0.39, 0.29) is 23.6 Å². The fraction of sp³-hybridized carbons (Fsp3) is 0.500. The van der Waals surface area contributed by atoms with Gasteiger partial charge in [0.25, 0.3) is 5.91 Å². The van der Waals surface area contributed by atoms with E-state index in [1.807, 2.05) is 0 Å². The second-order valence-electron chi connectivity index (χ2n) is 8.60. The maximum absolute atomic E-state index is 12.7. The number of rotatable bonds is 4. The summed E-state index contributed by atoms with van der Waals surface area (Å²) in [5, 5.41) is 9.93. The molecule has 1 spiro atoms. The van der Waals surface area contributed by atoms with Crippen molar-refractivity contribution in [2.45, 2.75) is 50.5 Å². The van der Waals surface area contributed by atoms with E-state index < -0.39 is 5.54 Å². The van der Waals surface area contributed by atoms with Gasteiger partial charge in [-0.25, -0.2) is 4.79 Å². The Balaban J connectivity index is 1.44. The van der Waals surface area contributed by atoms with Gasteiger partial charge in [-0.15, -0.1) is 0 Å². The molecule has 1 aliphatic carbocycles. The Labute approximate surface area is 184 Å². The van der Waals surface area contributed by atoms with Crippen LogP contribution in [-0.4, -0.2) is 42.4 Å². The first-order valence-corrected chi connectivity index (χ1v) is 11.3. The van der Waals surface area contributed by atoms with Crippen molar-refractivity contribution in [2.75, 3.05) is 25.0 Å². The minimum absolute atomic E-state index is 0.131. The topological polar surface area (TPSA) is 104 Å². The van der Waals surface area contributed by atoms with Crippen LogP contribution in [0.4, 0.5) is 10.5 Å². The first kappa shape index (κ1) is 20.2. The lowest BCUT2D eigenvalue weighted by molar-refractivity contribution is -0.127. The summed E-state index contributed by atoms with van der Waals surface area (Å²) < 4.78 is 6.05. The molecule has 0 atom stereocenters. The highest BCUT2D eigenvalue weighted by Gasteiger charge is 2.43. The van der Waals surface area contributed by atoms with E-state index in [4.69, 9.17) is 16.0 Å². The number of nitrogens with zero attached hydrogens (tertiary/aromatic N) is 1. The van der Waals surface area contributed by atoms with E-state index in [0.29, 0.717) is 35.8 Å². The Bertz CT molecular complexity index is 1070. The summed E-state index contributed by atoms with van der Waals surface area (Å²) >= 11 is 6.53. The van der Waals surface area contributed by atoms with Gasteiger partial charge in [0, 0.05) is 37.0 Å². The third-order valence-electron chi connectivity index (χ3n) is 6.60. The summed E-state index contributed by atoms with van der Waals surface area (Å²) in [4.78, 5) is 38.5. The molecular formula is C22H25ClN4O4. The van der Waals surface area contributed by atoms with Gasteiger partial charge in [-0.1, -0.05) is 30.9 Å². The van der Waals surface area contributed by atoms with Gasteiger partial charge in [0.15, 0.2) is 5.76 Å². The van der Waals surface area contributed by atoms with Gasteiger partial charge in [-0.2, -0.15) is 0 Å². The number of fused-ring (bicyclic) bond motifs is 4. The normalized spacial score (nSPS) is 20.0. The molecule has 1 saturated heterocycles. The molecule has 3 heterocycles. The Hall–Kier alpha value is -2.74. The smallest absolute Gasteiger partial charge is 0.319 e. The maximum Gasteiger partial charge on any atom is 0.319 e. The molecule has 164 valence electrons. The summed E-state index contributed by atoms with van der Waals surface area (Å²) in [6.07, 6.45) is 6.16. The summed E-state index contributed by atoms with van der Waals surface area (Å²) in [6, 6.07) is 3.14. The molecule has 0 radical (unpaired) electrons. The van der Waals surface area contributed by atoms with Crippen molar-refractivity contribution >= 4 is 46.1 Å². The number of anilines is 1. The van der Waals surface area contributed by atoms with Crippen LogP contribution in [0.2, 0.25) is 5.02 Å². The van der Waals surface area contributed by atoms with E-state index in [9.17, 15) is 14.4 Å². The van der Waals surface area contributed by atoms with E-state index in [1.54, 1.807) is 17.0 Å². The third kappa shape index (κ3) is 3.52. The molecule has 1 aromatic carbocycles. The van der Waals surface area contributed by atoms with E-state index in [0.717, 1.165) is 56.0 Å². The average molecular weight is 445 g/mol. The lowest BCUT2D eigenvalue weighted by atomic mass is 9.74. The molecule has 2 fully saturated rings. The summed E-state index contributed by atoms with van der Waals surface area (Å²) in [6.45, 7) is 1.60. The SMILES string of the molecule is O=C1Nc2c(Cl)cc3cc(C(=O)NCCN4CCCC4=O)oc3c2C2(CCCCC2)N1. The zero-order valence-corrected chi connectivity index (χ0v) is 17.9. The Kier molecular flexibility index (Phi) is 5.04. The van der Waals surface area contributed by atoms with E-state index >= 15 is 0 Å². The van der Waals surface area contributed by atoms with Gasteiger partial charge in [-0.3, -0.25) is 9.59 Å². The van der Waals surface area contributed by atoms with Crippen LogP contribution in [-0.2, 0) is 10.3 Å². The number of carbonyl (C=O) groups is 3. The standard InChI is InChI=1S/C22H25ClN4O4/c23-14-11-13-12-15(20(29)24-8-10-27-9-4-5-16(27)28)31-19(13)17-18(14)25-21(30)26-22(17)6-2-1-3-7-22/h11-12H,1-10H2,(H,24,29)(H2,25,26,30). The largest absolute Gasteiger partial charge is 0.450 e. The fourth-order valence-corrected chi connectivity index (χ4v) is 5.39. The van der Waals surface area contributed by atoms with Crippen LogP contribution in [0.3, 0.4) is 0 Å². The molecule has 1 saturated carbocycles. The highest BCUT2D eigenvalue weighted by Crippen LogP contribution is 2.48. The monoisotopic (exact) mass is 444 g/mol. The molecule has 9 heteroatoms. The quantitative estimate of drug-likeness (QED) is 0.668. The van der Waals surface area contributed by atoms with Crippen LogP contribution in [0.15, 0.2) is 16.5 Å². The molecule has 0 bridgehead atoms. The number of furan rings is 1. The number of benzene rings is 1. The number of nitrogens with one attached hydrogen (secondary N) is 3. The highest BCUT2D eigenvalue weighted by atomic mass is 35.5. The van der Waals surface area contributed by atoms with Crippen molar-refractivity contribution in [2.24, 2.45) is 0 Å². The number of likely N-dealkylation sites (tertiary alicyclic amines) is 1. The fourth-order valence-electron chi connectivity index (χ4n) is 5.13. The number of halogens is 1. The number of hydrogen-bond acceptors (Lipinski definition) is 4. The first-order valence-electron chi connectivity index (χ1n) is 10.9. The molecule has 4 amide bonds. The van der Waals surface area contributed by atoms with Gasteiger partial charge in [0.1, 0.15) is 5.58 Å². The summed E-state index contributed by atoms with van der Waals surface area (Å²) in [7, 11) is 0. The zero-order chi connectivity index (χ0) is 21.6. The van der Waals surface area contributed by atoms with Crippen LogP contribution < -0.4 is 16.0 Å². The van der Waals surface area contributed by atoms with E-state index in [2.05, 4.69) is 16.0 Å². The number of carbonyl (C=O) groups excluding carboxylic acids is 3. The van der Waals surface area contributed by atoms with Gasteiger partial charge in [0.2, 0.25) is 5.91 Å². The maximum atomic E-state index is 12.7. The molecule has 2 aromatic rings. The van der Waals surface area contributed by atoms with E-state index in [1.165, 1.54) is 0 Å². The predicted octanol–water partition coefficient (Wildman–Crippen LogP) is 3.73. The van der Waals surface area contributed by atoms with Crippen LogP contribution in [0, 0.1) is 0 Å². The van der Waals surface area contributed by atoms with Gasteiger partial charge in [-0.05, 0) is 31.4 Å². The molecule has 5 rings (SSSR count). The van der Waals surface area contributed by atoms with Gasteiger partial charge < -0.3 is 25.3 Å². The highest BCUT2D eigenvalue weighted by molar-refractivity contribution is 6.35. The lowest BCUT2D eigenvalue weighted by Crippen LogP contribution is -2.52. The average Bonchev–Trinajstić information content (AvgIpc) is 3.34. The second kappa shape index (κ2) is 7.75. The zero-order valence-electron chi connectivity index (χ0n) is 17.2. The second-order valence-corrected chi connectivity index (χ2v) is 9.01.